The van der Waals surface area contributed by atoms with Gasteiger partial charge in [-0.05, 0) is 42.3 Å². The number of anilines is 1. The molecule has 19 heavy (non-hydrogen) atoms. The second-order valence-corrected chi connectivity index (χ2v) is 4.48. The van der Waals surface area contributed by atoms with E-state index >= 15 is 0 Å². The molecular weight excluding hydrogens is 265 g/mol. The summed E-state index contributed by atoms with van der Waals surface area (Å²) < 4.78 is 13.0. The summed E-state index contributed by atoms with van der Waals surface area (Å²) in [5.74, 6) is -0.190. The predicted molar refractivity (Wildman–Crippen MR) is 75.2 cm³/mol. The molecule has 0 radical (unpaired) electrons. The van der Waals surface area contributed by atoms with Crippen LogP contribution in [0.3, 0.4) is 0 Å². The summed E-state index contributed by atoms with van der Waals surface area (Å²) in [6.45, 7) is 0. The van der Waals surface area contributed by atoms with Gasteiger partial charge < -0.3 is 5.32 Å². The SMILES string of the molecule is O=C(Nc1ccc(CCCl)cc1)c1cccc(F)c1. The van der Waals surface area contributed by atoms with Gasteiger partial charge in [0.2, 0.25) is 0 Å². The molecule has 0 spiro atoms. The van der Waals surface area contributed by atoms with Gasteiger partial charge in [0.1, 0.15) is 5.82 Å². The standard InChI is InChI=1S/C15H13ClFNO/c16-9-8-11-4-6-14(7-5-11)18-15(19)12-2-1-3-13(17)10-12/h1-7,10H,8-9H2,(H,18,19). The first-order valence-corrected chi connectivity index (χ1v) is 6.44. The summed E-state index contributed by atoms with van der Waals surface area (Å²) in [7, 11) is 0. The van der Waals surface area contributed by atoms with Crippen molar-refractivity contribution in [2.75, 3.05) is 11.2 Å². The van der Waals surface area contributed by atoms with Crippen LogP contribution in [0.4, 0.5) is 10.1 Å². The highest BCUT2D eigenvalue weighted by molar-refractivity contribution is 6.18. The summed E-state index contributed by atoms with van der Waals surface area (Å²) in [5.41, 5.74) is 2.08. The number of rotatable bonds is 4. The molecule has 2 aromatic carbocycles. The van der Waals surface area contributed by atoms with Crippen LogP contribution in [0, 0.1) is 5.82 Å². The molecule has 2 rings (SSSR count). The monoisotopic (exact) mass is 277 g/mol. The Bertz CT molecular complexity index is 569. The first-order chi connectivity index (χ1) is 9.19. The quantitative estimate of drug-likeness (QED) is 0.845. The molecule has 1 N–H and O–H groups in total. The zero-order chi connectivity index (χ0) is 13.7. The second kappa shape index (κ2) is 6.34. The molecule has 0 atom stereocenters. The Hall–Kier alpha value is -1.87. The van der Waals surface area contributed by atoms with E-state index in [2.05, 4.69) is 5.32 Å². The average molecular weight is 278 g/mol. The summed E-state index contributed by atoms with van der Waals surface area (Å²) in [4.78, 5) is 11.9. The van der Waals surface area contributed by atoms with Crippen molar-refractivity contribution in [1.82, 2.24) is 0 Å². The fourth-order valence-electron chi connectivity index (χ4n) is 1.70. The second-order valence-electron chi connectivity index (χ2n) is 4.10. The lowest BCUT2D eigenvalue weighted by Crippen LogP contribution is -2.11. The highest BCUT2D eigenvalue weighted by Gasteiger charge is 2.06. The van der Waals surface area contributed by atoms with Gasteiger partial charge in [-0.2, -0.15) is 0 Å². The molecular formula is C15H13ClFNO. The summed E-state index contributed by atoms with van der Waals surface area (Å²) in [6.07, 6.45) is 0.791. The maximum atomic E-state index is 13.0. The highest BCUT2D eigenvalue weighted by Crippen LogP contribution is 2.12. The van der Waals surface area contributed by atoms with E-state index in [0.717, 1.165) is 12.0 Å². The van der Waals surface area contributed by atoms with Crippen molar-refractivity contribution in [3.8, 4) is 0 Å². The molecule has 0 fully saturated rings. The normalized spacial score (nSPS) is 10.2. The van der Waals surface area contributed by atoms with Crippen molar-refractivity contribution < 1.29 is 9.18 Å². The molecule has 0 unspecified atom stereocenters. The van der Waals surface area contributed by atoms with Gasteiger partial charge in [-0.3, -0.25) is 4.79 Å². The molecule has 0 heterocycles. The van der Waals surface area contributed by atoms with E-state index in [1.54, 1.807) is 18.2 Å². The van der Waals surface area contributed by atoms with Crippen molar-refractivity contribution in [3.63, 3.8) is 0 Å². The van der Waals surface area contributed by atoms with Crippen LogP contribution >= 0.6 is 11.6 Å². The van der Waals surface area contributed by atoms with Crippen LogP contribution < -0.4 is 5.32 Å². The smallest absolute Gasteiger partial charge is 0.255 e. The van der Waals surface area contributed by atoms with E-state index in [0.29, 0.717) is 17.1 Å². The minimum absolute atomic E-state index is 0.296. The Morgan fingerprint density at radius 1 is 1.16 bits per heavy atom. The first-order valence-electron chi connectivity index (χ1n) is 5.91. The van der Waals surface area contributed by atoms with Gasteiger partial charge in [-0.15, -0.1) is 11.6 Å². The molecule has 2 nitrogen and oxygen atoms in total. The maximum absolute atomic E-state index is 13.0. The Labute approximate surface area is 116 Å². The van der Waals surface area contributed by atoms with E-state index in [-0.39, 0.29) is 5.91 Å². The number of halogens is 2. The molecule has 0 saturated heterocycles. The van der Waals surface area contributed by atoms with Crippen molar-refractivity contribution >= 4 is 23.2 Å². The Morgan fingerprint density at radius 3 is 2.53 bits per heavy atom. The van der Waals surface area contributed by atoms with Crippen LogP contribution in [-0.2, 0) is 6.42 Å². The molecule has 0 aromatic heterocycles. The summed E-state index contributed by atoms with van der Waals surface area (Å²) in [5, 5.41) is 2.72. The molecule has 0 aliphatic carbocycles. The number of alkyl halides is 1. The Balaban J connectivity index is 2.06. The molecule has 4 heteroatoms. The fourth-order valence-corrected chi connectivity index (χ4v) is 1.92. The summed E-state index contributed by atoms with van der Waals surface area (Å²) >= 11 is 5.65. The highest BCUT2D eigenvalue weighted by atomic mass is 35.5. The molecule has 0 aliphatic rings. The zero-order valence-electron chi connectivity index (χ0n) is 10.2. The minimum Gasteiger partial charge on any atom is -0.322 e. The molecule has 98 valence electrons. The number of hydrogen-bond donors (Lipinski definition) is 1. The van der Waals surface area contributed by atoms with Crippen molar-refractivity contribution in [2.24, 2.45) is 0 Å². The molecule has 1 amide bonds. The lowest BCUT2D eigenvalue weighted by atomic mass is 10.1. The minimum atomic E-state index is -0.426. The van der Waals surface area contributed by atoms with Gasteiger partial charge in [0.05, 0.1) is 0 Å². The Morgan fingerprint density at radius 2 is 1.89 bits per heavy atom. The molecule has 0 saturated carbocycles. The van der Waals surface area contributed by atoms with E-state index < -0.39 is 5.82 Å². The van der Waals surface area contributed by atoms with Crippen LogP contribution in [-0.4, -0.2) is 11.8 Å². The van der Waals surface area contributed by atoms with Crippen LogP contribution in [0.1, 0.15) is 15.9 Å². The molecule has 2 aromatic rings. The number of hydrogen-bond acceptors (Lipinski definition) is 1. The van der Waals surface area contributed by atoms with E-state index in [1.807, 2.05) is 12.1 Å². The van der Waals surface area contributed by atoms with Gasteiger partial charge in [-0.1, -0.05) is 18.2 Å². The molecule has 0 bridgehead atoms. The topological polar surface area (TPSA) is 29.1 Å². The number of nitrogens with one attached hydrogen (secondary N) is 1. The largest absolute Gasteiger partial charge is 0.322 e. The lowest BCUT2D eigenvalue weighted by molar-refractivity contribution is 0.102. The van der Waals surface area contributed by atoms with E-state index in [9.17, 15) is 9.18 Å². The van der Waals surface area contributed by atoms with Crippen LogP contribution in [0.5, 0.6) is 0 Å². The number of carbonyl (C=O) groups excluding carboxylic acids is 1. The van der Waals surface area contributed by atoms with Crippen LogP contribution in [0.25, 0.3) is 0 Å². The predicted octanol–water partition coefficient (Wildman–Crippen LogP) is 3.86. The van der Waals surface area contributed by atoms with Gasteiger partial charge in [0.25, 0.3) is 5.91 Å². The van der Waals surface area contributed by atoms with Gasteiger partial charge in [-0.25, -0.2) is 4.39 Å². The zero-order valence-corrected chi connectivity index (χ0v) is 11.0. The fraction of sp³-hybridized carbons (Fsp3) is 0.133. The third-order valence-electron chi connectivity index (χ3n) is 2.68. The third-order valence-corrected chi connectivity index (χ3v) is 2.87. The van der Waals surface area contributed by atoms with Gasteiger partial charge in [0, 0.05) is 17.1 Å². The average Bonchev–Trinajstić information content (AvgIpc) is 2.41. The van der Waals surface area contributed by atoms with E-state index in [4.69, 9.17) is 11.6 Å². The van der Waals surface area contributed by atoms with Crippen molar-refractivity contribution in [1.29, 1.82) is 0 Å². The Kier molecular flexibility index (Phi) is 4.53. The maximum Gasteiger partial charge on any atom is 0.255 e. The van der Waals surface area contributed by atoms with Gasteiger partial charge >= 0.3 is 0 Å². The molecule has 0 aliphatic heterocycles. The number of carbonyl (C=O) groups is 1. The summed E-state index contributed by atoms with van der Waals surface area (Å²) in [6, 6.07) is 13.0. The number of aryl methyl sites for hydroxylation is 1. The number of amides is 1. The van der Waals surface area contributed by atoms with Crippen molar-refractivity contribution in [2.45, 2.75) is 6.42 Å². The van der Waals surface area contributed by atoms with E-state index in [1.165, 1.54) is 18.2 Å². The number of benzene rings is 2. The lowest BCUT2D eigenvalue weighted by Gasteiger charge is -2.06. The third kappa shape index (κ3) is 3.80. The van der Waals surface area contributed by atoms with Crippen LogP contribution in [0.15, 0.2) is 48.5 Å². The first kappa shape index (κ1) is 13.6. The van der Waals surface area contributed by atoms with Crippen molar-refractivity contribution in [3.05, 3.63) is 65.5 Å². The van der Waals surface area contributed by atoms with Crippen LogP contribution in [0.2, 0.25) is 0 Å². The van der Waals surface area contributed by atoms with Gasteiger partial charge in [0.15, 0.2) is 0 Å².